The van der Waals surface area contributed by atoms with E-state index in [0.29, 0.717) is 0 Å². The van der Waals surface area contributed by atoms with Gasteiger partial charge in [-0.15, -0.1) is 0 Å². The van der Waals surface area contributed by atoms with Gasteiger partial charge in [0.15, 0.2) is 0 Å². The number of aliphatic hydroxyl groups excluding tert-OH is 1. The molecular formula is C11H18O2. The van der Waals surface area contributed by atoms with Crippen LogP contribution in [0.4, 0.5) is 0 Å². The van der Waals surface area contributed by atoms with Gasteiger partial charge < -0.3 is 9.84 Å². The lowest BCUT2D eigenvalue weighted by atomic mass is 9.74. The van der Waals surface area contributed by atoms with Crippen molar-refractivity contribution in [1.29, 1.82) is 0 Å². The molecule has 74 valence electrons. The van der Waals surface area contributed by atoms with Crippen molar-refractivity contribution in [2.45, 2.75) is 44.8 Å². The fourth-order valence-electron chi connectivity index (χ4n) is 2.80. The Kier molecular flexibility index (Phi) is 1.83. The standard InChI is InChI=1S/C11H18O2/c1-8-6-9(12)11(13-3)5-4-10(8,2)7-11/h6,9,12H,4-5,7H2,1-3H3/t9-,10-,11-/m0/s1. The highest BCUT2D eigenvalue weighted by Crippen LogP contribution is 2.54. The zero-order chi connectivity index (χ0) is 9.69. The van der Waals surface area contributed by atoms with Crippen LogP contribution >= 0.6 is 0 Å². The van der Waals surface area contributed by atoms with Crippen molar-refractivity contribution < 1.29 is 9.84 Å². The van der Waals surface area contributed by atoms with Crippen LogP contribution in [0.2, 0.25) is 0 Å². The number of fused-ring (bicyclic) bond motifs is 2. The van der Waals surface area contributed by atoms with E-state index in [-0.39, 0.29) is 11.0 Å². The van der Waals surface area contributed by atoms with Crippen LogP contribution in [0.3, 0.4) is 0 Å². The highest BCUT2D eigenvalue weighted by molar-refractivity contribution is 5.26. The van der Waals surface area contributed by atoms with E-state index in [4.69, 9.17) is 4.74 Å². The maximum atomic E-state index is 9.93. The van der Waals surface area contributed by atoms with Gasteiger partial charge in [0, 0.05) is 7.11 Å². The molecule has 0 radical (unpaired) electrons. The summed E-state index contributed by atoms with van der Waals surface area (Å²) in [6.07, 6.45) is 4.66. The number of hydrogen-bond acceptors (Lipinski definition) is 2. The Morgan fingerprint density at radius 3 is 2.85 bits per heavy atom. The van der Waals surface area contributed by atoms with E-state index in [0.717, 1.165) is 19.3 Å². The molecule has 13 heavy (non-hydrogen) atoms. The molecule has 1 fully saturated rings. The lowest BCUT2D eigenvalue weighted by molar-refractivity contribution is -0.0880. The summed E-state index contributed by atoms with van der Waals surface area (Å²) in [7, 11) is 1.71. The normalized spacial score (nSPS) is 49.2. The van der Waals surface area contributed by atoms with Gasteiger partial charge in [-0.2, -0.15) is 0 Å². The molecule has 2 heteroatoms. The van der Waals surface area contributed by atoms with Gasteiger partial charge in [0.1, 0.15) is 6.10 Å². The number of hydrogen-bond donors (Lipinski definition) is 1. The van der Waals surface area contributed by atoms with Crippen LogP contribution in [-0.2, 0) is 4.74 Å². The SMILES string of the molecule is CO[C@@]12CC[C@@](C)(C1)C(C)=C[C@@H]2O. The van der Waals surface area contributed by atoms with Gasteiger partial charge in [-0.3, -0.25) is 0 Å². The van der Waals surface area contributed by atoms with Crippen LogP contribution < -0.4 is 0 Å². The van der Waals surface area contributed by atoms with E-state index >= 15 is 0 Å². The summed E-state index contributed by atoms with van der Waals surface area (Å²) in [5.41, 5.74) is 1.31. The third-order valence-corrected chi connectivity index (χ3v) is 4.09. The quantitative estimate of drug-likeness (QED) is 0.627. The topological polar surface area (TPSA) is 29.5 Å². The van der Waals surface area contributed by atoms with Crippen LogP contribution in [0.15, 0.2) is 11.6 Å². The van der Waals surface area contributed by atoms with Gasteiger partial charge >= 0.3 is 0 Å². The summed E-state index contributed by atoms with van der Waals surface area (Å²) in [4.78, 5) is 0. The predicted molar refractivity (Wildman–Crippen MR) is 51.5 cm³/mol. The fraction of sp³-hybridized carbons (Fsp3) is 0.818. The average molecular weight is 182 g/mol. The smallest absolute Gasteiger partial charge is 0.101 e. The summed E-state index contributed by atoms with van der Waals surface area (Å²) in [6.45, 7) is 4.39. The van der Waals surface area contributed by atoms with Crippen molar-refractivity contribution in [3.8, 4) is 0 Å². The molecule has 2 aliphatic carbocycles. The van der Waals surface area contributed by atoms with Gasteiger partial charge in [-0.1, -0.05) is 18.6 Å². The molecule has 2 bridgehead atoms. The average Bonchev–Trinajstić information content (AvgIpc) is 2.41. The molecule has 2 nitrogen and oxygen atoms in total. The van der Waals surface area contributed by atoms with Crippen LogP contribution in [-0.4, -0.2) is 23.9 Å². The minimum absolute atomic E-state index is 0.273. The van der Waals surface area contributed by atoms with E-state index in [1.54, 1.807) is 7.11 Å². The monoisotopic (exact) mass is 182 g/mol. The summed E-state index contributed by atoms with van der Waals surface area (Å²) in [5, 5.41) is 9.93. The van der Waals surface area contributed by atoms with Gasteiger partial charge in [0.05, 0.1) is 5.60 Å². The summed E-state index contributed by atoms with van der Waals surface area (Å²) >= 11 is 0. The maximum absolute atomic E-state index is 9.93. The zero-order valence-electron chi connectivity index (χ0n) is 8.63. The number of methoxy groups -OCH3 is 1. The predicted octanol–water partition coefficient (Wildman–Crippen LogP) is 1.88. The molecule has 0 unspecified atom stereocenters. The molecule has 0 aromatic heterocycles. The third-order valence-electron chi connectivity index (χ3n) is 4.09. The number of aliphatic hydroxyl groups is 1. The molecule has 0 spiro atoms. The van der Waals surface area contributed by atoms with E-state index in [1.165, 1.54) is 5.57 Å². The number of allylic oxidation sites excluding steroid dienone is 1. The van der Waals surface area contributed by atoms with Crippen molar-refractivity contribution in [2.75, 3.05) is 7.11 Å². The molecular weight excluding hydrogens is 164 g/mol. The first kappa shape index (κ1) is 9.22. The Bertz CT molecular complexity index is 259. The van der Waals surface area contributed by atoms with E-state index < -0.39 is 6.10 Å². The molecule has 2 rings (SSSR count). The Morgan fingerprint density at radius 1 is 1.54 bits per heavy atom. The second-order valence-electron chi connectivity index (χ2n) is 4.80. The molecule has 1 N–H and O–H groups in total. The maximum Gasteiger partial charge on any atom is 0.101 e. The molecule has 0 aliphatic heterocycles. The first-order valence-electron chi connectivity index (χ1n) is 4.95. The zero-order valence-corrected chi connectivity index (χ0v) is 8.63. The lowest BCUT2D eigenvalue weighted by Gasteiger charge is -2.39. The minimum Gasteiger partial charge on any atom is -0.386 e. The van der Waals surface area contributed by atoms with Crippen molar-refractivity contribution >= 4 is 0 Å². The number of ether oxygens (including phenoxy) is 1. The second kappa shape index (κ2) is 2.58. The van der Waals surface area contributed by atoms with Crippen LogP contribution in [0.5, 0.6) is 0 Å². The van der Waals surface area contributed by atoms with Crippen LogP contribution in [0.25, 0.3) is 0 Å². The third kappa shape index (κ3) is 1.09. The largest absolute Gasteiger partial charge is 0.386 e. The number of rotatable bonds is 1. The van der Waals surface area contributed by atoms with Crippen LogP contribution in [0, 0.1) is 5.41 Å². The van der Waals surface area contributed by atoms with E-state index in [2.05, 4.69) is 13.8 Å². The highest BCUT2D eigenvalue weighted by atomic mass is 16.5. The second-order valence-corrected chi connectivity index (χ2v) is 4.80. The summed E-state index contributed by atoms with van der Waals surface area (Å²) in [6, 6.07) is 0. The van der Waals surface area contributed by atoms with Crippen molar-refractivity contribution in [3.63, 3.8) is 0 Å². The van der Waals surface area contributed by atoms with Crippen molar-refractivity contribution in [1.82, 2.24) is 0 Å². The molecule has 0 saturated heterocycles. The van der Waals surface area contributed by atoms with Gasteiger partial charge in [0.25, 0.3) is 0 Å². The summed E-state index contributed by atoms with van der Waals surface area (Å²) in [5.74, 6) is 0. The molecule has 1 saturated carbocycles. The lowest BCUT2D eigenvalue weighted by Crippen LogP contribution is -2.44. The van der Waals surface area contributed by atoms with Gasteiger partial charge in [-0.05, 0) is 31.6 Å². The Balaban J connectivity index is 2.40. The van der Waals surface area contributed by atoms with Gasteiger partial charge in [0.2, 0.25) is 0 Å². The van der Waals surface area contributed by atoms with Crippen molar-refractivity contribution in [3.05, 3.63) is 11.6 Å². The van der Waals surface area contributed by atoms with Gasteiger partial charge in [-0.25, -0.2) is 0 Å². The Hall–Kier alpha value is -0.340. The molecule has 0 amide bonds. The first-order valence-corrected chi connectivity index (χ1v) is 4.95. The highest BCUT2D eigenvalue weighted by Gasteiger charge is 2.53. The molecule has 0 aromatic carbocycles. The van der Waals surface area contributed by atoms with Crippen LogP contribution in [0.1, 0.15) is 33.1 Å². The Morgan fingerprint density at radius 2 is 2.23 bits per heavy atom. The fourth-order valence-corrected chi connectivity index (χ4v) is 2.80. The Labute approximate surface area is 79.6 Å². The summed E-state index contributed by atoms with van der Waals surface area (Å²) < 4.78 is 5.50. The molecule has 0 heterocycles. The molecule has 0 aromatic rings. The minimum atomic E-state index is -0.409. The molecule has 3 atom stereocenters. The van der Waals surface area contributed by atoms with E-state index in [9.17, 15) is 5.11 Å². The first-order chi connectivity index (χ1) is 6.02. The molecule has 2 aliphatic rings. The van der Waals surface area contributed by atoms with E-state index in [1.807, 2.05) is 6.08 Å². The van der Waals surface area contributed by atoms with Crippen molar-refractivity contribution in [2.24, 2.45) is 5.41 Å².